The summed E-state index contributed by atoms with van der Waals surface area (Å²) in [7, 11) is 3.04. The number of aryl methyl sites for hydroxylation is 1. The molecule has 1 N–H and O–H groups in total. The van der Waals surface area contributed by atoms with Gasteiger partial charge in [-0.2, -0.15) is 0 Å². The van der Waals surface area contributed by atoms with Crippen LogP contribution < -0.4 is 4.74 Å². The molecule has 0 amide bonds. The number of methoxy groups -OCH3 is 1. The minimum absolute atomic E-state index is 0.101. The van der Waals surface area contributed by atoms with Gasteiger partial charge in [-0.25, -0.2) is 14.2 Å². The molecule has 0 aliphatic rings. The molecule has 3 aromatic heterocycles. The Labute approximate surface area is 167 Å². The van der Waals surface area contributed by atoms with Gasteiger partial charge in [0.2, 0.25) is 0 Å². The van der Waals surface area contributed by atoms with Crippen molar-refractivity contribution in [3.8, 4) is 17.1 Å². The highest BCUT2D eigenvalue weighted by molar-refractivity contribution is 5.91. The summed E-state index contributed by atoms with van der Waals surface area (Å²) in [6.07, 6.45) is 5.88. The number of ether oxygens (including phenoxy) is 2. The number of aromatic nitrogens is 3. The van der Waals surface area contributed by atoms with Crippen LogP contribution in [0.25, 0.3) is 11.4 Å². The lowest BCUT2D eigenvalue weighted by Crippen LogP contribution is -2.16. The summed E-state index contributed by atoms with van der Waals surface area (Å²) < 4.78 is 26.1. The Balaban J connectivity index is 1.91. The maximum atomic E-state index is 13.8. The minimum atomic E-state index is -1.04. The van der Waals surface area contributed by atoms with E-state index in [2.05, 4.69) is 9.97 Å². The predicted molar refractivity (Wildman–Crippen MR) is 104 cm³/mol. The second-order valence-electron chi connectivity index (χ2n) is 7.15. The molecule has 7 nitrogen and oxygen atoms in total. The Morgan fingerprint density at radius 1 is 1.24 bits per heavy atom. The number of aliphatic hydroxyl groups is 1. The molecular weight excluding hydrogens is 377 g/mol. The van der Waals surface area contributed by atoms with Crippen molar-refractivity contribution >= 4 is 5.97 Å². The number of carbonyl (C=O) groups is 1. The molecule has 0 spiro atoms. The first-order chi connectivity index (χ1) is 13.7. The van der Waals surface area contributed by atoms with Gasteiger partial charge in [0.15, 0.2) is 5.75 Å². The molecule has 3 rings (SSSR count). The fourth-order valence-corrected chi connectivity index (χ4v) is 2.81. The van der Waals surface area contributed by atoms with Crippen LogP contribution in [0.15, 0.2) is 43.0 Å². The third-order valence-electron chi connectivity index (χ3n) is 4.38. The monoisotopic (exact) mass is 399 g/mol. The van der Waals surface area contributed by atoms with Crippen LogP contribution in [-0.2, 0) is 24.0 Å². The van der Waals surface area contributed by atoms with Gasteiger partial charge < -0.3 is 19.1 Å². The second kappa shape index (κ2) is 8.00. The Bertz CT molecular complexity index is 1040. The maximum Gasteiger partial charge on any atom is 0.339 e. The van der Waals surface area contributed by atoms with Crippen molar-refractivity contribution < 1.29 is 23.8 Å². The molecule has 0 atom stereocenters. The summed E-state index contributed by atoms with van der Waals surface area (Å²) in [6.45, 7) is 3.43. The van der Waals surface area contributed by atoms with E-state index in [4.69, 9.17) is 9.47 Å². The molecule has 152 valence electrons. The van der Waals surface area contributed by atoms with Crippen LogP contribution >= 0.6 is 0 Å². The second-order valence-corrected chi connectivity index (χ2v) is 7.15. The van der Waals surface area contributed by atoms with Crippen molar-refractivity contribution in [1.82, 2.24) is 14.5 Å². The Morgan fingerprint density at radius 2 is 2.00 bits per heavy atom. The first-order valence-electron chi connectivity index (χ1n) is 8.89. The lowest BCUT2D eigenvalue weighted by Gasteiger charge is -2.18. The van der Waals surface area contributed by atoms with E-state index < -0.39 is 17.4 Å². The largest absolute Gasteiger partial charge is 0.486 e. The molecule has 0 radical (unpaired) electrons. The molecule has 29 heavy (non-hydrogen) atoms. The van der Waals surface area contributed by atoms with Gasteiger partial charge in [-0.1, -0.05) is 0 Å². The Kier molecular flexibility index (Phi) is 5.65. The minimum Gasteiger partial charge on any atom is -0.486 e. The summed E-state index contributed by atoms with van der Waals surface area (Å²) in [5.41, 5.74) is 1.62. The number of hydrogen-bond acceptors (Lipinski definition) is 6. The van der Waals surface area contributed by atoms with Gasteiger partial charge >= 0.3 is 5.97 Å². The molecule has 0 saturated carbocycles. The van der Waals surface area contributed by atoms with Gasteiger partial charge in [0.05, 0.1) is 30.2 Å². The van der Waals surface area contributed by atoms with E-state index in [0.29, 0.717) is 28.1 Å². The van der Waals surface area contributed by atoms with Crippen LogP contribution in [0.3, 0.4) is 0 Å². The topological polar surface area (TPSA) is 86.5 Å². The average molecular weight is 399 g/mol. The van der Waals surface area contributed by atoms with Gasteiger partial charge in [0.25, 0.3) is 0 Å². The number of halogens is 1. The SMILES string of the molecule is COC(=O)c1cc(-c2ncc(F)cc2OCc2cncc(C(C)(C)O)c2)n(C)c1. The highest BCUT2D eigenvalue weighted by atomic mass is 19.1. The summed E-state index contributed by atoms with van der Waals surface area (Å²) in [4.78, 5) is 20.1. The first-order valence-corrected chi connectivity index (χ1v) is 8.89. The standard InChI is InChI=1S/C21H22FN3O4/c1-21(2,27)15-5-13(8-23-9-15)12-29-18-7-16(22)10-24-19(18)17-6-14(11-25(17)3)20(26)28-4/h5-11,27H,12H2,1-4H3. The molecule has 0 aliphatic carbocycles. The van der Waals surface area contributed by atoms with Crippen LogP contribution in [0, 0.1) is 5.82 Å². The molecule has 0 fully saturated rings. The van der Waals surface area contributed by atoms with Gasteiger partial charge in [-0.05, 0) is 26.0 Å². The summed E-state index contributed by atoms with van der Waals surface area (Å²) in [6, 6.07) is 4.62. The van der Waals surface area contributed by atoms with E-state index in [-0.39, 0.29) is 12.4 Å². The molecule has 0 bridgehead atoms. The van der Waals surface area contributed by atoms with E-state index in [1.165, 1.54) is 13.2 Å². The van der Waals surface area contributed by atoms with Gasteiger partial charge in [-0.3, -0.25) is 4.98 Å². The highest BCUT2D eigenvalue weighted by Crippen LogP contribution is 2.30. The molecule has 3 aromatic rings. The molecule has 3 heterocycles. The van der Waals surface area contributed by atoms with Gasteiger partial charge in [-0.15, -0.1) is 0 Å². The zero-order valence-corrected chi connectivity index (χ0v) is 16.6. The maximum absolute atomic E-state index is 13.8. The van der Waals surface area contributed by atoms with Crippen molar-refractivity contribution in [2.75, 3.05) is 7.11 Å². The van der Waals surface area contributed by atoms with Crippen LogP contribution in [0.1, 0.15) is 35.3 Å². The van der Waals surface area contributed by atoms with E-state index in [9.17, 15) is 14.3 Å². The summed E-state index contributed by atoms with van der Waals surface area (Å²) in [5.74, 6) is -0.809. The lowest BCUT2D eigenvalue weighted by atomic mass is 9.99. The van der Waals surface area contributed by atoms with Crippen molar-refractivity contribution in [2.24, 2.45) is 7.05 Å². The number of esters is 1. The third kappa shape index (κ3) is 4.60. The van der Waals surface area contributed by atoms with Crippen molar-refractivity contribution in [1.29, 1.82) is 0 Å². The molecule has 0 aromatic carbocycles. The molecule has 0 aliphatic heterocycles. The zero-order chi connectivity index (χ0) is 21.2. The molecule has 0 unspecified atom stereocenters. The first kappa shape index (κ1) is 20.5. The van der Waals surface area contributed by atoms with Gasteiger partial charge in [0, 0.05) is 42.8 Å². The third-order valence-corrected chi connectivity index (χ3v) is 4.38. The number of carbonyl (C=O) groups excluding carboxylic acids is 1. The number of rotatable bonds is 6. The average Bonchev–Trinajstić information content (AvgIpc) is 3.07. The fraction of sp³-hybridized carbons (Fsp3) is 0.286. The van der Waals surface area contributed by atoms with Crippen LogP contribution in [-0.4, -0.2) is 32.7 Å². The number of pyridine rings is 2. The number of hydrogen-bond donors (Lipinski definition) is 1. The number of nitrogens with zero attached hydrogens (tertiary/aromatic N) is 3. The Morgan fingerprint density at radius 3 is 2.69 bits per heavy atom. The van der Waals surface area contributed by atoms with Gasteiger partial charge in [0.1, 0.15) is 18.1 Å². The quantitative estimate of drug-likeness (QED) is 0.641. The lowest BCUT2D eigenvalue weighted by molar-refractivity contribution is 0.0600. The van der Waals surface area contributed by atoms with Crippen LogP contribution in [0.2, 0.25) is 0 Å². The zero-order valence-electron chi connectivity index (χ0n) is 16.6. The van der Waals surface area contributed by atoms with Crippen LogP contribution in [0.5, 0.6) is 5.75 Å². The smallest absolute Gasteiger partial charge is 0.339 e. The molecule has 8 heteroatoms. The predicted octanol–water partition coefficient (Wildman–Crippen LogP) is 3.21. The van der Waals surface area contributed by atoms with Crippen molar-refractivity contribution in [3.05, 3.63) is 65.5 Å². The normalized spacial score (nSPS) is 11.4. The fourth-order valence-electron chi connectivity index (χ4n) is 2.81. The van der Waals surface area contributed by atoms with Crippen molar-refractivity contribution in [2.45, 2.75) is 26.1 Å². The summed E-state index contributed by atoms with van der Waals surface area (Å²) >= 11 is 0. The van der Waals surface area contributed by atoms with E-state index >= 15 is 0 Å². The molecule has 0 saturated heterocycles. The van der Waals surface area contributed by atoms with Crippen molar-refractivity contribution in [3.63, 3.8) is 0 Å². The van der Waals surface area contributed by atoms with E-state index in [1.54, 1.807) is 56.2 Å². The summed E-state index contributed by atoms with van der Waals surface area (Å²) in [5, 5.41) is 10.1. The van der Waals surface area contributed by atoms with Crippen LogP contribution in [0.4, 0.5) is 4.39 Å². The van der Waals surface area contributed by atoms with E-state index in [0.717, 1.165) is 6.20 Å². The Hall–Kier alpha value is -3.26. The van der Waals surface area contributed by atoms with E-state index in [1.807, 2.05) is 0 Å². The highest BCUT2D eigenvalue weighted by Gasteiger charge is 2.19. The molecular formula is C21H22FN3O4.